The van der Waals surface area contributed by atoms with Gasteiger partial charge in [0, 0.05) is 40.2 Å². The van der Waals surface area contributed by atoms with Gasteiger partial charge in [-0.25, -0.2) is 4.99 Å². The van der Waals surface area contributed by atoms with Gasteiger partial charge < -0.3 is 19.5 Å². The Kier molecular flexibility index (Phi) is 7.15. The van der Waals surface area contributed by atoms with E-state index in [0.29, 0.717) is 5.41 Å². The summed E-state index contributed by atoms with van der Waals surface area (Å²) >= 11 is 0. The Hall–Kier alpha value is -1.25. The SMILES string of the molecule is CN(C)C(=O)CN=C(NCCc1ccco1)N1CCC2(CCC2)C1.I. The van der Waals surface area contributed by atoms with Gasteiger partial charge in [-0.1, -0.05) is 6.42 Å². The molecule has 2 heterocycles. The van der Waals surface area contributed by atoms with Crippen LogP contribution in [0.25, 0.3) is 0 Å². The molecule has 140 valence electrons. The van der Waals surface area contributed by atoms with Gasteiger partial charge in [-0.15, -0.1) is 24.0 Å². The maximum absolute atomic E-state index is 11.9. The number of nitrogens with one attached hydrogen (secondary N) is 1. The van der Waals surface area contributed by atoms with Gasteiger partial charge in [0.2, 0.25) is 5.91 Å². The quantitative estimate of drug-likeness (QED) is 0.417. The molecule has 6 nitrogen and oxygen atoms in total. The maximum atomic E-state index is 11.9. The van der Waals surface area contributed by atoms with Crippen molar-refractivity contribution in [3.05, 3.63) is 24.2 Å². The lowest BCUT2D eigenvalue weighted by molar-refractivity contribution is -0.127. The molecular weight excluding hydrogens is 431 g/mol. The first kappa shape index (κ1) is 20.1. The predicted octanol–water partition coefficient (Wildman–Crippen LogP) is 2.35. The summed E-state index contributed by atoms with van der Waals surface area (Å²) in [7, 11) is 3.53. The number of likely N-dealkylation sites (tertiary alicyclic amines) is 1. The van der Waals surface area contributed by atoms with Crippen LogP contribution in [0, 0.1) is 5.41 Å². The molecule has 25 heavy (non-hydrogen) atoms. The summed E-state index contributed by atoms with van der Waals surface area (Å²) < 4.78 is 5.38. The zero-order chi connectivity index (χ0) is 17.0. The predicted molar refractivity (Wildman–Crippen MR) is 109 cm³/mol. The zero-order valence-electron chi connectivity index (χ0n) is 15.2. The molecule has 0 atom stereocenters. The first-order valence-corrected chi connectivity index (χ1v) is 8.84. The van der Waals surface area contributed by atoms with Gasteiger partial charge in [-0.05, 0) is 36.8 Å². The number of rotatable bonds is 5. The molecule has 1 saturated heterocycles. The molecule has 0 unspecified atom stereocenters. The van der Waals surface area contributed by atoms with E-state index < -0.39 is 0 Å². The van der Waals surface area contributed by atoms with Crippen molar-refractivity contribution in [2.75, 3.05) is 40.3 Å². The number of hydrogen-bond donors (Lipinski definition) is 1. The fraction of sp³-hybridized carbons (Fsp3) is 0.667. The fourth-order valence-corrected chi connectivity index (χ4v) is 3.50. The molecule has 1 aliphatic heterocycles. The third-order valence-electron chi connectivity index (χ3n) is 5.25. The third-order valence-corrected chi connectivity index (χ3v) is 5.25. The number of halogens is 1. The van der Waals surface area contributed by atoms with E-state index in [-0.39, 0.29) is 36.4 Å². The van der Waals surface area contributed by atoms with E-state index in [1.807, 2.05) is 12.1 Å². The number of likely N-dealkylation sites (N-methyl/N-ethyl adjacent to an activating group) is 1. The molecular formula is C18H29IN4O2. The molecule has 3 rings (SSSR count). The lowest BCUT2D eigenvalue weighted by Crippen LogP contribution is -2.43. The second kappa shape index (κ2) is 8.91. The monoisotopic (exact) mass is 460 g/mol. The minimum Gasteiger partial charge on any atom is -0.469 e. The lowest BCUT2D eigenvalue weighted by Gasteiger charge is -2.38. The minimum atomic E-state index is 0. The van der Waals surface area contributed by atoms with E-state index in [4.69, 9.17) is 4.42 Å². The smallest absolute Gasteiger partial charge is 0.243 e. The molecule has 1 aliphatic carbocycles. The summed E-state index contributed by atoms with van der Waals surface area (Å²) in [5.41, 5.74) is 0.509. The molecule has 1 aromatic rings. The van der Waals surface area contributed by atoms with Crippen LogP contribution in [0.4, 0.5) is 0 Å². The van der Waals surface area contributed by atoms with Crippen molar-refractivity contribution >= 4 is 35.8 Å². The minimum absolute atomic E-state index is 0. The molecule has 1 aromatic heterocycles. The molecule has 1 amide bonds. The van der Waals surface area contributed by atoms with E-state index in [2.05, 4.69) is 15.2 Å². The summed E-state index contributed by atoms with van der Waals surface area (Å²) in [5, 5.41) is 3.43. The highest BCUT2D eigenvalue weighted by atomic mass is 127. The number of carbonyl (C=O) groups is 1. The molecule has 1 spiro atoms. The highest BCUT2D eigenvalue weighted by Crippen LogP contribution is 2.47. The average molecular weight is 460 g/mol. The van der Waals surface area contributed by atoms with Crippen molar-refractivity contribution in [1.82, 2.24) is 15.1 Å². The van der Waals surface area contributed by atoms with E-state index >= 15 is 0 Å². The Morgan fingerprint density at radius 3 is 2.76 bits per heavy atom. The van der Waals surface area contributed by atoms with Crippen LogP contribution in [0.5, 0.6) is 0 Å². The van der Waals surface area contributed by atoms with Gasteiger partial charge in [0.25, 0.3) is 0 Å². The van der Waals surface area contributed by atoms with Crippen LogP contribution in [-0.2, 0) is 11.2 Å². The van der Waals surface area contributed by atoms with Crippen molar-refractivity contribution in [2.24, 2.45) is 10.4 Å². The Morgan fingerprint density at radius 1 is 1.40 bits per heavy atom. The van der Waals surface area contributed by atoms with Crippen LogP contribution >= 0.6 is 24.0 Å². The first-order chi connectivity index (χ1) is 11.6. The standard InChI is InChI=1S/C18H28N4O2.HI/c1-21(2)16(23)13-20-17(19-10-6-15-5-3-12-24-15)22-11-9-18(14-22)7-4-8-18;/h3,5,12H,4,6-11,13-14H2,1-2H3,(H,19,20);1H. The zero-order valence-corrected chi connectivity index (χ0v) is 17.5. The molecule has 0 radical (unpaired) electrons. The summed E-state index contributed by atoms with van der Waals surface area (Å²) in [6.45, 7) is 3.05. The normalized spacial score (nSPS) is 18.6. The van der Waals surface area contributed by atoms with Crippen LogP contribution in [0.15, 0.2) is 27.8 Å². The Balaban J connectivity index is 0.00000225. The highest BCUT2D eigenvalue weighted by Gasteiger charge is 2.43. The second-order valence-corrected chi connectivity index (χ2v) is 7.21. The molecule has 0 bridgehead atoms. The Labute approximate surface area is 167 Å². The second-order valence-electron chi connectivity index (χ2n) is 7.21. The Morgan fingerprint density at radius 2 is 2.20 bits per heavy atom. The highest BCUT2D eigenvalue weighted by molar-refractivity contribution is 14.0. The number of nitrogens with zero attached hydrogens (tertiary/aromatic N) is 3. The van der Waals surface area contributed by atoms with E-state index in [1.165, 1.54) is 25.7 Å². The number of furan rings is 1. The average Bonchev–Trinajstić information content (AvgIpc) is 3.19. The van der Waals surface area contributed by atoms with Gasteiger partial charge in [0.1, 0.15) is 12.3 Å². The van der Waals surface area contributed by atoms with Crippen LogP contribution in [-0.4, -0.2) is 61.9 Å². The summed E-state index contributed by atoms with van der Waals surface area (Å²) in [5.74, 6) is 1.85. The molecule has 7 heteroatoms. The van der Waals surface area contributed by atoms with E-state index in [1.54, 1.807) is 25.3 Å². The number of hydrogen-bond acceptors (Lipinski definition) is 3. The van der Waals surface area contributed by atoms with Crippen molar-refractivity contribution in [3.8, 4) is 0 Å². The van der Waals surface area contributed by atoms with Crippen molar-refractivity contribution in [3.63, 3.8) is 0 Å². The summed E-state index contributed by atoms with van der Waals surface area (Å²) in [6.07, 6.45) is 7.77. The van der Waals surface area contributed by atoms with Gasteiger partial charge in [0.05, 0.1) is 6.26 Å². The first-order valence-electron chi connectivity index (χ1n) is 8.84. The van der Waals surface area contributed by atoms with Crippen molar-refractivity contribution in [2.45, 2.75) is 32.1 Å². The third kappa shape index (κ3) is 5.12. The number of amides is 1. The van der Waals surface area contributed by atoms with Crippen LogP contribution in [0.1, 0.15) is 31.4 Å². The molecule has 0 aromatic carbocycles. The van der Waals surface area contributed by atoms with Crippen LogP contribution in [0.2, 0.25) is 0 Å². The maximum Gasteiger partial charge on any atom is 0.243 e. The molecule has 2 aliphatic rings. The molecule has 1 N–H and O–H groups in total. The lowest BCUT2D eigenvalue weighted by atomic mass is 9.68. The van der Waals surface area contributed by atoms with Crippen LogP contribution in [0.3, 0.4) is 0 Å². The number of guanidine groups is 1. The number of carbonyl (C=O) groups excluding carboxylic acids is 1. The molecule has 2 fully saturated rings. The Bertz CT molecular complexity index is 582. The van der Waals surface area contributed by atoms with Gasteiger partial charge in [-0.3, -0.25) is 4.79 Å². The van der Waals surface area contributed by atoms with Gasteiger partial charge >= 0.3 is 0 Å². The van der Waals surface area contributed by atoms with Crippen LogP contribution < -0.4 is 5.32 Å². The van der Waals surface area contributed by atoms with Crippen molar-refractivity contribution in [1.29, 1.82) is 0 Å². The number of aliphatic imine (C=N–C) groups is 1. The summed E-state index contributed by atoms with van der Waals surface area (Å²) in [6, 6.07) is 3.88. The van der Waals surface area contributed by atoms with Gasteiger partial charge in [0.15, 0.2) is 5.96 Å². The fourth-order valence-electron chi connectivity index (χ4n) is 3.50. The summed E-state index contributed by atoms with van der Waals surface area (Å²) in [4.78, 5) is 20.4. The molecule has 1 saturated carbocycles. The topological polar surface area (TPSA) is 61.1 Å². The van der Waals surface area contributed by atoms with Gasteiger partial charge in [-0.2, -0.15) is 0 Å². The van der Waals surface area contributed by atoms with Crippen molar-refractivity contribution < 1.29 is 9.21 Å². The van der Waals surface area contributed by atoms with E-state index in [0.717, 1.165) is 37.8 Å². The van der Waals surface area contributed by atoms with E-state index in [9.17, 15) is 4.79 Å². The largest absolute Gasteiger partial charge is 0.469 e.